The number of halogens is 1. The van der Waals surface area contributed by atoms with Gasteiger partial charge in [-0.15, -0.1) is 0 Å². The molecule has 2 fully saturated rings. The second kappa shape index (κ2) is 4.75. The lowest BCUT2D eigenvalue weighted by molar-refractivity contribution is -0.130. The largest absolute Gasteiger partial charge is 0.454 e. The van der Waals surface area contributed by atoms with Crippen LogP contribution >= 0.6 is 15.9 Å². The van der Waals surface area contributed by atoms with Gasteiger partial charge in [-0.2, -0.15) is 0 Å². The van der Waals surface area contributed by atoms with E-state index in [0.29, 0.717) is 23.6 Å². The Bertz CT molecular complexity index is 761. The highest BCUT2D eigenvalue weighted by Gasteiger charge is 2.76. The Hall–Kier alpha value is -1.56. The van der Waals surface area contributed by atoms with Crippen molar-refractivity contribution in [3.05, 3.63) is 18.2 Å². The molecule has 4 rings (SSSR count). The molecule has 2 saturated carbocycles. The molecule has 1 amide bonds. The Labute approximate surface area is 149 Å². The number of ketones is 1. The van der Waals surface area contributed by atoms with Crippen molar-refractivity contribution in [3.63, 3.8) is 0 Å². The first-order valence-electron chi connectivity index (χ1n) is 8.13. The summed E-state index contributed by atoms with van der Waals surface area (Å²) >= 11 is 3.54. The van der Waals surface area contributed by atoms with Crippen LogP contribution < -0.4 is 14.8 Å². The van der Waals surface area contributed by atoms with Crippen molar-refractivity contribution in [2.45, 2.75) is 38.4 Å². The second-order valence-corrected chi connectivity index (χ2v) is 8.59. The summed E-state index contributed by atoms with van der Waals surface area (Å²) in [7, 11) is 0. The highest BCUT2D eigenvalue weighted by molar-refractivity contribution is 9.10. The van der Waals surface area contributed by atoms with Crippen molar-refractivity contribution in [1.82, 2.24) is 0 Å². The molecule has 0 saturated heterocycles. The molecule has 1 heterocycles. The molecule has 0 radical (unpaired) electrons. The number of Topliss-reactive ketones (excluding diaryl/α,β-unsaturated/α-hetero) is 1. The van der Waals surface area contributed by atoms with Crippen LogP contribution in [0.15, 0.2) is 18.2 Å². The molecule has 6 heteroatoms. The van der Waals surface area contributed by atoms with Gasteiger partial charge >= 0.3 is 0 Å². The van der Waals surface area contributed by atoms with E-state index in [1.54, 1.807) is 18.2 Å². The van der Waals surface area contributed by atoms with Crippen molar-refractivity contribution in [3.8, 4) is 11.5 Å². The van der Waals surface area contributed by atoms with Gasteiger partial charge in [-0.3, -0.25) is 9.59 Å². The average Bonchev–Trinajstić information content (AvgIpc) is 3.10. The summed E-state index contributed by atoms with van der Waals surface area (Å²) in [6, 6.07) is 5.34. The fourth-order valence-corrected chi connectivity index (χ4v) is 6.19. The van der Waals surface area contributed by atoms with Gasteiger partial charge in [0.2, 0.25) is 12.7 Å². The quantitative estimate of drug-likeness (QED) is 0.780. The number of hydrogen-bond donors (Lipinski definition) is 1. The van der Waals surface area contributed by atoms with Crippen LogP contribution in [-0.4, -0.2) is 23.3 Å². The Kier molecular flexibility index (Phi) is 3.15. The number of anilines is 1. The summed E-state index contributed by atoms with van der Waals surface area (Å²) in [5, 5.41) is 3.00. The van der Waals surface area contributed by atoms with Crippen molar-refractivity contribution in [1.29, 1.82) is 0 Å². The lowest BCUT2D eigenvalue weighted by atomic mass is 9.64. The van der Waals surface area contributed by atoms with E-state index in [1.807, 2.05) is 20.8 Å². The van der Waals surface area contributed by atoms with E-state index in [9.17, 15) is 9.59 Å². The van der Waals surface area contributed by atoms with Crippen molar-refractivity contribution < 1.29 is 19.1 Å². The van der Waals surface area contributed by atoms with Crippen LogP contribution in [0.3, 0.4) is 0 Å². The Morgan fingerprint density at radius 1 is 1.21 bits per heavy atom. The molecule has 0 spiro atoms. The van der Waals surface area contributed by atoms with Crippen LogP contribution in [0, 0.1) is 16.2 Å². The lowest BCUT2D eigenvalue weighted by Crippen LogP contribution is -2.47. The number of carbonyl (C=O) groups is 2. The third-order valence-corrected chi connectivity index (χ3v) is 7.95. The second-order valence-electron chi connectivity index (χ2n) is 7.68. The van der Waals surface area contributed by atoms with Gasteiger partial charge in [0, 0.05) is 17.2 Å². The number of alkyl halides is 1. The number of hydrogen-bond acceptors (Lipinski definition) is 4. The number of fused-ring (bicyclic) bond motifs is 3. The minimum Gasteiger partial charge on any atom is -0.454 e. The Morgan fingerprint density at radius 2 is 1.92 bits per heavy atom. The van der Waals surface area contributed by atoms with Crippen LogP contribution in [0.25, 0.3) is 0 Å². The van der Waals surface area contributed by atoms with E-state index in [-0.39, 0.29) is 18.5 Å². The molecule has 3 atom stereocenters. The lowest BCUT2D eigenvalue weighted by Gasteiger charge is -2.39. The SMILES string of the molecule is CC1(C)[C@@]2(C)CC[C@@]1(C(=O)Nc1ccc3c(c1)OCO3)[C@H](Br)C2=O. The van der Waals surface area contributed by atoms with Gasteiger partial charge in [-0.1, -0.05) is 36.7 Å². The third kappa shape index (κ3) is 1.65. The van der Waals surface area contributed by atoms with E-state index in [4.69, 9.17) is 9.47 Å². The van der Waals surface area contributed by atoms with Gasteiger partial charge in [0.05, 0.1) is 10.2 Å². The van der Waals surface area contributed by atoms with Crippen LogP contribution in [0.4, 0.5) is 5.69 Å². The number of carbonyl (C=O) groups excluding carboxylic acids is 2. The molecular formula is C18H20BrNO4. The van der Waals surface area contributed by atoms with Gasteiger partial charge in [-0.25, -0.2) is 0 Å². The number of amides is 1. The highest BCUT2D eigenvalue weighted by Crippen LogP contribution is 2.72. The number of benzene rings is 1. The fourth-order valence-electron chi connectivity index (χ4n) is 4.67. The average molecular weight is 394 g/mol. The molecule has 3 aliphatic rings. The first-order chi connectivity index (χ1) is 11.2. The van der Waals surface area contributed by atoms with Crippen molar-refractivity contribution in [2.24, 2.45) is 16.2 Å². The van der Waals surface area contributed by atoms with E-state index in [0.717, 1.165) is 6.42 Å². The van der Waals surface area contributed by atoms with E-state index < -0.39 is 21.1 Å². The molecule has 24 heavy (non-hydrogen) atoms. The van der Waals surface area contributed by atoms with Gasteiger partial charge in [0.25, 0.3) is 0 Å². The number of nitrogens with one attached hydrogen (secondary N) is 1. The predicted octanol–water partition coefficient (Wildman–Crippen LogP) is 3.51. The summed E-state index contributed by atoms with van der Waals surface area (Å²) in [6.45, 7) is 6.27. The van der Waals surface area contributed by atoms with E-state index >= 15 is 0 Å². The summed E-state index contributed by atoms with van der Waals surface area (Å²) in [4.78, 5) is 25.5. The van der Waals surface area contributed by atoms with Gasteiger partial charge < -0.3 is 14.8 Å². The molecule has 1 aromatic carbocycles. The molecular weight excluding hydrogens is 374 g/mol. The minimum atomic E-state index is -0.741. The molecule has 1 N–H and O–H groups in total. The van der Waals surface area contributed by atoms with E-state index in [1.165, 1.54) is 0 Å². The zero-order valence-electron chi connectivity index (χ0n) is 13.9. The Morgan fingerprint density at radius 3 is 2.58 bits per heavy atom. The summed E-state index contributed by atoms with van der Waals surface area (Å²) in [5.41, 5.74) is -0.962. The summed E-state index contributed by atoms with van der Waals surface area (Å²) < 4.78 is 10.7. The number of rotatable bonds is 2. The van der Waals surface area contributed by atoms with Crippen LogP contribution in [0.1, 0.15) is 33.6 Å². The monoisotopic (exact) mass is 393 g/mol. The molecule has 2 bridgehead atoms. The maximum atomic E-state index is 13.2. The first kappa shape index (κ1) is 15.9. The molecule has 128 valence electrons. The standard InChI is InChI=1S/C18H20BrNO4/c1-16(2)17(3)6-7-18(16,13(19)14(17)21)15(22)20-10-4-5-11-12(8-10)24-9-23-11/h4-5,8,13H,6-7,9H2,1-3H3,(H,20,22)/t13-,17+,18+/m1/s1. The Balaban J connectivity index is 1.68. The van der Waals surface area contributed by atoms with Crippen LogP contribution in [-0.2, 0) is 9.59 Å². The number of ether oxygens (including phenoxy) is 2. The molecule has 2 aliphatic carbocycles. The molecule has 1 aromatic rings. The minimum absolute atomic E-state index is 0.109. The predicted molar refractivity (Wildman–Crippen MR) is 92.5 cm³/mol. The zero-order chi connectivity index (χ0) is 17.3. The van der Waals surface area contributed by atoms with E-state index in [2.05, 4.69) is 21.2 Å². The molecule has 1 aliphatic heterocycles. The molecule has 0 unspecified atom stereocenters. The normalized spacial score (nSPS) is 35.3. The maximum Gasteiger partial charge on any atom is 0.232 e. The highest BCUT2D eigenvalue weighted by atomic mass is 79.9. The summed E-state index contributed by atoms with van der Waals surface area (Å²) in [5.74, 6) is 1.33. The van der Waals surface area contributed by atoms with Crippen molar-refractivity contribution in [2.75, 3.05) is 12.1 Å². The molecule has 5 nitrogen and oxygen atoms in total. The zero-order valence-corrected chi connectivity index (χ0v) is 15.5. The van der Waals surface area contributed by atoms with Gasteiger partial charge in [-0.05, 0) is 30.4 Å². The van der Waals surface area contributed by atoms with Gasteiger partial charge in [0.1, 0.15) is 0 Å². The fraction of sp³-hybridized carbons (Fsp3) is 0.556. The van der Waals surface area contributed by atoms with Gasteiger partial charge in [0.15, 0.2) is 17.3 Å². The van der Waals surface area contributed by atoms with Crippen molar-refractivity contribution >= 4 is 33.3 Å². The van der Waals surface area contributed by atoms with Crippen LogP contribution in [0.5, 0.6) is 11.5 Å². The first-order valence-corrected chi connectivity index (χ1v) is 9.05. The third-order valence-electron chi connectivity index (χ3n) is 6.76. The van der Waals surface area contributed by atoms with Crippen LogP contribution in [0.2, 0.25) is 0 Å². The topological polar surface area (TPSA) is 64.6 Å². The molecule has 0 aromatic heterocycles. The summed E-state index contributed by atoms with van der Waals surface area (Å²) in [6.07, 6.45) is 1.45. The smallest absolute Gasteiger partial charge is 0.232 e. The maximum absolute atomic E-state index is 13.2.